The fraction of sp³-hybridized carbons (Fsp3) is 0.429. The maximum atomic E-state index is 11.6. The number of aromatic nitrogens is 1. The summed E-state index contributed by atoms with van der Waals surface area (Å²) in [7, 11) is -3.17. The van der Waals surface area contributed by atoms with Crippen molar-refractivity contribution < 1.29 is 8.42 Å². The number of benzene rings is 1. The summed E-state index contributed by atoms with van der Waals surface area (Å²) >= 11 is 5.50. The summed E-state index contributed by atoms with van der Waals surface area (Å²) in [4.78, 5) is 0. The number of alkyl halides is 1. The fourth-order valence-electron chi connectivity index (χ4n) is 2.13. The molecular weight excluding hydrogens is 296 g/mol. The van der Waals surface area contributed by atoms with Crippen LogP contribution in [0.3, 0.4) is 0 Å². The number of rotatable bonds is 8. The van der Waals surface area contributed by atoms with E-state index in [1.165, 1.54) is 10.9 Å². The lowest BCUT2D eigenvalue weighted by atomic mass is 10.2. The molecule has 0 saturated carbocycles. The van der Waals surface area contributed by atoms with Gasteiger partial charge in [0.05, 0.1) is 5.75 Å². The van der Waals surface area contributed by atoms with Crippen LogP contribution in [-0.4, -0.2) is 31.2 Å². The van der Waals surface area contributed by atoms with E-state index in [0.717, 1.165) is 13.0 Å². The van der Waals surface area contributed by atoms with Crippen molar-refractivity contribution in [2.75, 3.05) is 18.2 Å². The van der Waals surface area contributed by atoms with Crippen molar-refractivity contribution >= 4 is 32.5 Å². The highest BCUT2D eigenvalue weighted by molar-refractivity contribution is 7.89. The van der Waals surface area contributed by atoms with Crippen LogP contribution in [-0.2, 0) is 16.6 Å². The molecule has 2 aromatic rings. The van der Waals surface area contributed by atoms with Gasteiger partial charge >= 0.3 is 0 Å². The molecule has 0 radical (unpaired) electrons. The first-order chi connectivity index (χ1) is 9.62. The second kappa shape index (κ2) is 7.11. The summed E-state index contributed by atoms with van der Waals surface area (Å²) in [6, 6.07) is 10.2. The van der Waals surface area contributed by atoms with E-state index in [-0.39, 0.29) is 5.75 Å². The molecule has 1 heterocycles. The predicted molar refractivity (Wildman–Crippen MR) is 83.7 cm³/mol. The van der Waals surface area contributed by atoms with Crippen LogP contribution in [0.1, 0.15) is 12.8 Å². The maximum Gasteiger partial charge on any atom is 0.211 e. The average molecular weight is 315 g/mol. The Morgan fingerprint density at radius 2 is 1.95 bits per heavy atom. The van der Waals surface area contributed by atoms with Crippen LogP contribution in [0.25, 0.3) is 10.9 Å². The molecule has 1 N–H and O–H groups in total. The molecule has 0 aliphatic heterocycles. The van der Waals surface area contributed by atoms with Gasteiger partial charge in [0, 0.05) is 30.7 Å². The molecule has 20 heavy (non-hydrogen) atoms. The number of nitrogens with one attached hydrogen (secondary N) is 1. The number of hydrogen-bond donors (Lipinski definition) is 1. The maximum absolute atomic E-state index is 11.6. The van der Waals surface area contributed by atoms with Gasteiger partial charge in [-0.05, 0) is 30.4 Å². The second-order valence-corrected chi connectivity index (χ2v) is 6.98. The number of halogens is 1. The van der Waals surface area contributed by atoms with Crippen LogP contribution in [0.4, 0.5) is 0 Å². The molecule has 6 heteroatoms. The largest absolute Gasteiger partial charge is 0.347 e. The van der Waals surface area contributed by atoms with Gasteiger partial charge in [-0.2, -0.15) is 0 Å². The molecule has 2 rings (SSSR count). The third kappa shape index (κ3) is 4.23. The van der Waals surface area contributed by atoms with Gasteiger partial charge in [0.2, 0.25) is 10.0 Å². The van der Waals surface area contributed by atoms with E-state index in [0.29, 0.717) is 18.8 Å². The van der Waals surface area contributed by atoms with E-state index in [2.05, 4.69) is 27.5 Å². The summed E-state index contributed by atoms with van der Waals surface area (Å²) in [5, 5.41) is 1.20. The zero-order chi connectivity index (χ0) is 14.4. The van der Waals surface area contributed by atoms with Crippen molar-refractivity contribution in [2.24, 2.45) is 0 Å². The molecule has 0 atom stereocenters. The number of nitrogens with zero attached hydrogens (tertiary/aromatic N) is 1. The molecule has 0 spiro atoms. The zero-order valence-electron chi connectivity index (χ0n) is 11.3. The van der Waals surface area contributed by atoms with Crippen LogP contribution in [0.5, 0.6) is 0 Å². The molecule has 1 aromatic carbocycles. The van der Waals surface area contributed by atoms with Gasteiger partial charge in [-0.15, -0.1) is 11.6 Å². The molecule has 110 valence electrons. The molecule has 0 amide bonds. The molecule has 0 saturated heterocycles. The monoisotopic (exact) mass is 314 g/mol. The molecule has 0 fully saturated rings. The van der Waals surface area contributed by atoms with E-state index in [4.69, 9.17) is 11.6 Å². The van der Waals surface area contributed by atoms with E-state index >= 15 is 0 Å². The van der Waals surface area contributed by atoms with E-state index in [9.17, 15) is 8.42 Å². The van der Waals surface area contributed by atoms with E-state index in [1.807, 2.05) is 18.3 Å². The van der Waals surface area contributed by atoms with Crippen LogP contribution >= 0.6 is 11.6 Å². The van der Waals surface area contributed by atoms with Gasteiger partial charge < -0.3 is 4.57 Å². The topological polar surface area (TPSA) is 51.1 Å². The molecule has 0 aliphatic rings. The molecule has 0 bridgehead atoms. The fourth-order valence-corrected chi connectivity index (χ4v) is 3.55. The zero-order valence-corrected chi connectivity index (χ0v) is 12.8. The first kappa shape index (κ1) is 15.4. The van der Waals surface area contributed by atoms with Crippen molar-refractivity contribution in [3.63, 3.8) is 0 Å². The number of sulfonamides is 1. The molecule has 0 unspecified atom stereocenters. The Labute approximate surface area is 124 Å². The molecule has 4 nitrogen and oxygen atoms in total. The normalized spacial score (nSPS) is 12.1. The first-order valence-corrected chi connectivity index (χ1v) is 8.88. The Hall–Kier alpha value is -1.04. The minimum atomic E-state index is -3.17. The summed E-state index contributed by atoms with van der Waals surface area (Å²) in [6.45, 7) is 1.25. The summed E-state index contributed by atoms with van der Waals surface area (Å²) < 4.78 is 27.9. The Balaban J connectivity index is 1.82. The number of para-hydroxylation sites is 1. The van der Waals surface area contributed by atoms with Gasteiger partial charge in [-0.25, -0.2) is 13.1 Å². The first-order valence-electron chi connectivity index (χ1n) is 6.69. The minimum absolute atomic E-state index is 0.100. The highest BCUT2D eigenvalue weighted by atomic mass is 35.5. The van der Waals surface area contributed by atoms with Crippen molar-refractivity contribution in [1.29, 1.82) is 0 Å². The van der Waals surface area contributed by atoms with Crippen molar-refractivity contribution in [2.45, 2.75) is 19.4 Å². The lowest BCUT2D eigenvalue weighted by Gasteiger charge is -2.07. The van der Waals surface area contributed by atoms with Gasteiger partial charge in [0.1, 0.15) is 0 Å². The summed E-state index contributed by atoms with van der Waals surface area (Å²) in [5.41, 5.74) is 1.18. The third-order valence-corrected chi connectivity index (χ3v) is 4.86. The SMILES string of the molecule is O=S(=O)(CCCCl)NCCCn1ccc2ccccc21. The van der Waals surface area contributed by atoms with Crippen LogP contribution in [0.2, 0.25) is 0 Å². The van der Waals surface area contributed by atoms with Crippen molar-refractivity contribution in [3.05, 3.63) is 36.5 Å². The van der Waals surface area contributed by atoms with Gasteiger partial charge in [0.15, 0.2) is 0 Å². The summed E-state index contributed by atoms with van der Waals surface area (Å²) in [5.74, 6) is 0.471. The summed E-state index contributed by atoms with van der Waals surface area (Å²) in [6.07, 6.45) is 3.28. The quantitative estimate of drug-likeness (QED) is 0.601. The lowest BCUT2D eigenvalue weighted by molar-refractivity contribution is 0.571. The van der Waals surface area contributed by atoms with Crippen LogP contribution < -0.4 is 4.72 Å². The number of hydrogen-bond acceptors (Lipinski definition) is 2. The molecule has 1 aromatic heterocycles. The van der Waals surface area contributed by atoms with Crippen LogP contribution in [0.15, 0.2) is 36.5 Å². The third-order valence-electron chi connectivity index (χ3n) is 3.12. The Kier molecular flexibility index (Phi) is 5.46. The Morgan fingerprint density at radius 1 is 1.15 bits per heavy atom. The van der Waals surface area contributed by atoms with Crippen molar-refractivity contribution in [1.82, 2.24) is 9.29 Å². The standard InChI is InChI=1S/C14H19ClN2O2S/c15-8-3-12-20(18,19)16-9-4-10-17-11-7-13-5-1-2-6-14(13)17/h1-2,5-7,11,16H,3-4,8-10,12H2. The number of aryl methyl sites for hydroxylation is 1. The number of fused-ring (bicyclic) bond motifs is 1. The van der Waals surface area contributed by atoms with Crippen LogP contribution in [0, 0.1) is 0 Å². The van der Waals surface area contributed by atoms with Crippen molar-refractivity contribution in [3.8, 4) is 0 Å². The average Bonchev–Trinajstić information content (AvgIpc) is 2.85. The predicted octanol–water partition coefficient (Wildman–Crippen LogP) is 2.58. The molecule has 0 aliphatic carbocycles. The highest BCUT2D eigenvalue weighted by Gasteiger charge is 2.08. The Morgan fingerprint density at radius 3 is 2.75 bits per heavy atom. The van der Waals surface area contributed by atoms with E-state index in [1.54, 1.807) is 0 Å². The highest BCUT2D eigenvalue weighted by Crippen LogP contribution is 2.15. The Bertz CT molecular complexity index is 652. The lowest BCUT2D eigenvalue weighted by Crippen LogP contribution is -2.28. The van der Waals surface area contributed by atoms with Gasteiger partial charge in [-0.1, -0.05) is 18.2 Å². The second-order valence-electron chi connectivity index (χ2n) is 4.68. The van der Waals surface area contributed by atoms with Gasteiger partial charge in [0.25, 0.3) is 0 Å². The molecular formula is C14H19ClN2O2S. The van der Waals surface area contributed by atoms with E-state index < -0.39 is 10.0 Å². The minimum Gasteiger partial charge on any atom is -0.347 e. The van der Waals surface area contributed by atoms with Gasteiger partial charge in [-0.3, -0.25) is 0 Å². The smallest absolute Gasteiger partial charge is 0.211 e.